The van der Waals surface area contributed by atoms with Gasteiger partial charge in [-0.3, -0.25) is 0 Å². The van der Waals surface area contributed by atoms with Gasteiger partial charge in [0.2, 0.25) is 0 Å². The summed E-state index contributed by atoms with van der Waals surface area (Å²) in [4.78, 5) is 6.34. The predicted molar refractivity (Wildman–Crippen MR) is 66.0 cm³/mol. The topological polar surface area (TPSA) is 42.1 Å². The molecule has 2 N–H and O–H groups in total. The first-order valence-electron chi connectivity index (χ1n) is 5.45. The van der Waals surface area contributed by atoms with Crippen LogP contribution in [0.2, 0.25) is 0 Å². The fourth-order valence-electron chi connectivity index (χ4n) is 1.70. The van der Waals surface area contributed by atoms with Crippen molar-refractivity contribution in [1.82, 2.24) is 4.98 Å². The number of pyridine rings is 1. The van der Waals surface area contributed by atoms with Crippen LogP contribution in [0.15, 0.2) is 18.3 Å². The van der Waals surface area contributed by atoms with Crippen molar-refractivity contribution in [2.75, 3.05) is 17.7 Å². The molecule has 0 aliphatic carbocycles. The Morgan fingerprint density at radius 3 is 2.47 bits per heavy atom. The van der Waals surface area contributed by atoms with Gasteiger partial charge in [0.05, 0.1) is 11.9 Å². The Kier molecular flexibility index (Phi) is 3.95. The molecule has 3 nitrogen and oxygen atoms in total. The largest absolute Gasteiger partial charge is 0.384 e. The van der Waals surface area contributed by atoms with E-state index in [1.54, 1.807) is 0 Å². The van der Waals surface area contributed by atoms with Gasteiger partial charge in [-0.05, 0) is 31.4 Å². The van der Waals surface area contributed by atoms with Gasteiger partial charge in [-0.25, -0.2) is 4.98 Å². The van der Waals surface area contributed by atoms with Crippen LogP contribution < -0.4 is 10.6 Å². The van der Waals surface area contributed by atoms with Gasteiger partial charge in [0.25, 0.3) is 0 Å². The maximum absolute atomic E-state index is 5.55. The highest BCUT2D eigenvalue weighted by atomic mass is 15.1. The van der Waals surface area contributed by atoms with E-state index in [9.17, 15) is 0 Å². The lowest BCUT2D eigenvalue weighted by Crippen LogP contribution is -2.30. The van der Waals surface area contributed by atoms with Crippen molar-refractivity contribution >= 4 is 11.5 Å². The van der Waals surface area contributed by atoms with Crippen LogP contribution in [0.1, 0.15) is 27.2 Å². The second kappa shape index (κ2) is 5.01. The predicted octanol–water partition coefficient (Wildman–Crippen LogP) is 2.53. The van der Waals surface area contributed by atoms with Crippen LogP contribution in [0.25, 0.3) is 0 Å². The van der Waals surface area contributed by atoms with Crippen LogP contribution >= 0.6 is 0 Å². The first-order chi connectivity index (χ1) is 7.00. The molecule has 84 valence electrons. The molecule has 1 aromatic rings. The first-order valence-corrected chi connectivity index (χ1v) is 5.45. The molecule has 0 fully saturated rings. The summed E-state index contributed by atoms with van der Waals surface area (Å²) in [7, 11) is 2.10. The van der Waals surface area contributed by atoms with Crippen molar-refractivity contribution in [3.05, 3.63) is 18.3 Å². The molecule has 0 aliphatic rings. The number of rotatable bonds is 4. The van der Waals surface area contributed by atoms with Gasteiger partial charge in [0.1, 0.15) is 5.82 Å². The average Bonchev–Trinajstić information content (AvgIpc) is 2.17. The summed E-state index contributed by atoms with van der Waals surface area (Å²) in [5, 5.41) is 0. The highest BCUT2D eigenvalue weighted by Crippen LogP contribution is 2.18. The Hall–Kier alpha value is -1.25. The van der Waals surface area contributed by atoms with E-state index in [1.807, 2.05) is 18.3 Å². The van der Waals surface area contributed by atoms with Crippen LogP contribution in [-0.2, 0) is 0 Å². The standard InChI is InChI=1S/C12H21N3/c1-9(2)7-10(3)15(4)11-5-6-12(13)14-8-11/h5-6,8-10H,7H2,1-4H3,(H2,13,14). The molecule has 0 radical (unpaired) electrons. The lowest BCUT2D eigenvalue weighted by Gasteiger charge is -2.28. The first kappa shape index (κ1) is 11.8. The van der Waals surface area contributed by atoms with Gasteiger partial charge in [0.15, 0.2) is 0 Å². The zero-order valence-electron chi connectivity index (χ0n) is 10.1. The monoisotopic (exact) mass is 207 g/mol. The number of nitrogen functional groups attached to an aromatic ring is 1. The Bertz CT molecular complexity index is 292. The second-order valence-corrected chi connectivity index (χ2v) is 4.53. The normalized spacial score (nSPS) is 12.9. The Morgan fingerprint density at radius 2 is 2.00 bits per heavy atom. The molecule has 1 heterocycles. The van der Waals surface area contributed by atoms with Gasteiger partial charge < -0.3 is 10.6 Å². The molecule has 0 amide bonds. The third-order valence-corrected chi connectivity index (χ3v) is 2.65. The Balaban J connectivity index is 2.67. The Labute approximate surface area is 92.3 Å². The molecule has 0 saturated carbocycles. The molecular weight excluding hydrogens is 186 g/mol. The van der Waals surface area contributed by atoms with Crippen molar-refractivity contribution in [1.29, 1.82) is 0 Å². The minimum atomic E-state index is 0.524. The third kappa shape index (κ3) is 3.42. The minimum Gasteiger partial charge on any atom is -0.384 e. The van der Waals surface area contributed by atoms with Gasteiger partial charge in [0, 0.05) is 13.1 Å². The van der Waals surface area contributed by atoms with Gasteiger partial charge in [-0.1, -0.05) is 13.8 Å². The van der Waals surface area contributed by atoms with E-state index in [0.717, 1.165) is 5.69 Å². The van der Waals surface area contributed by atoms with E-state index in [4.69, 9.17) is 5.73 Å². The number of hydrogen-bond donors (Lipinski definition) is 1. The molecule has 0 aliphatic heterocycles. The van der Waals surface area contributed by atoms with Crippen molar-refractivity contribution in [3.63, 3.8) is 0 Å². The molecule has 1 rings (SSSR count). The van der Waals surface area contributed by atoms with Crippen LogP contribution in [0.3, 0.4) is 0 Å². The van der Waals surface area contributed by atoms with E-state index in [0.29, 0.717) is 17.8 Å². The van der Waals surface area contributed by atoms with Crippen molar-refractivity contribution < 1.29 is 0 Å². The molecule has 1 atom stereocenters. The summed E-state index contributed by atoms with van der Waals surface area (Å²) in [6.07, 6.45) is 3.01. The fraction of sp³-hybridized carbons (Fsp3) is 0.583. The number of anilines is 2. The summed E-state index contributed by atoms with van der Waals surface area (Å²) in [5.74, 6) is 1.29. The summed E-state index contributed by atoms with van der Waals surface area (Å²) in [5.41, 5.74) is 6.68. The minimum absolute atomic E-state index is 0.524. The molecule has 1 aromatic heterocycles. The van der Waals surface area contributed by atoms with Crippen molar-refractivity contribution in [2.24, 2.45) is 5.92 Å². The van der Waals surface area contributed by atoms with Crippen LogP contribution in [-0.4, -0.2) is 18.1 Å². The second-order valence-electron chi connectivity index (χ2n) is 4.53. The maximum Gasteiger partial charge on any atom is 0.123 e. The van der Waals surface area contributed by atoms with Gasteiger partial charge in [-0.2, -0.15) is 0 Å². The van der Waals surface area contributed by atoms with Gasteiger partial charge in [-0.15, -0.1) is 0 Å². The zero-order chi connectivity index (χ0) is 11.4. The summed E-state index contributed by atoms with van der Waals surface area (Å²) < 4.78 is 0. The fourth-order valence-corrected chi connectivity index (χ4v) is 1.70. The molecular formula is C12H21N3. The maximum atomic E-state index is 5.55. The van der Waals surface area contributed by atoms with Crippen LogP contribution in [0, 0.1) is 5.92 Å². The molecule has 0 spiro atoms. The van der Waals surface area contributed by atoms with E-state index in [2.05, 4.69) is 37.7 Å². The summed E-state index contributed by atoms with van der Waals surface area (Å²) >= 11 is 0. The molecule has 0 bridgehead atoms. The lowest BCUT2D eigenvalue weighted by atomic mass is 10.0. The molecule has 3 heteroatoms. The molecule has 15 heavy (non-hydrogen) atoms. The lowest BCUT2D eigenvalue weighted by molar-refractivity contribution is 0.504. The highest BCUT2D eigenvalue weighted by Gasteiger charge is 2.11. The number of nitrogens with zero attached hydrogens (tertiary/aromatic N) is 2. The van der Waals surface area contributed by atoms with E-state index in [1.165, 1.54) is 6.42 Å². The zero-order valence-corrected chi connectivity index (χ0v) is 10.1. The van der Waals surface area contributed by atoms with E-state index >= 15 is 0 Å². The average molecular weight is 207 g/mol. The molecule has 0 saturated heterocycles. The SMILES string of the molecule is CC(C)CC(C)N(C)c1ccc(N)nc1. The van der Waals surface area contributed by atoms with Crippen LogP contribution in [0.4, 0.5) is 11.5 Å². The smallest absolute Gasteiger partial charge is 0.123 e. The third-order valence-electron chi connectivity index (χ3n) is 2.65. The molecule has 0 aromatic carbocycles. The summed E-state index contributed by atoms with van der Waals surface area (Å²) in [6, 6.07) is 4.38. The Morgan fingerprint density at radius 1 is 1.33 bits per heavy atom. The number of nitrogens with two attached hydrogens (primary N) is 1. The quantitative estimate of drug-likeness (QED) is 0.825. The highest BCUT2D eigenvalue weighted by molar-refractivity contribution is 5.47. The van der Waals surface area contributed by atoms with Gasteiger partial charge >= 0.3 is 0 Å². The van der Waals surface area contributed by atoms with E-state index < -0.39 is 0 Å². The van der Waals surface area contributed by atoms with Crippen molar-refractivity contribution in [3.8, 4) is 0 Å². The molecule has 1 unspecified atom stereocenters. The van der Waals surface area contributed by atoms with Crippen molar-refractivity contribution in [2.45, 2.75) is 33.2 Å². The number of aromatic nitrogens is 1. The number of hydrogen-bond acceptors (Lipinski definition) is 3. The summed E-state index contributed by atoms with van der Waals surface area (Å²) in [6.45, 7) is 6.72. The van der Waals surface area contributed by atoms with E-state index in [-0.39, 0.29) is 0 Å². The van der Waals surface area contributed by atoms with Crippen LogP contribution in [0.5, 0.6) is 0 Å².